The number of rotatable bonds is 4. The van der Waals surface area contributed by atoms with Crippen LogP contribution in [0.1, 0.15) is 33.1 Å². The Hall–Kier alpha value is -0.610. The van der Waals surface area contributed by atoms with Crippen molar-refractivity contribution in [2.45, 2.75) is 33.1 Å². The van der Waals surface area contributed by atoms with Gasteiger partial charge in [0.05, 0.1) is 18.6 Å². The molecule has 4 heteroatoms. The molecule has 2 aliphatic rings. The number of carbonyl (C=O) groups excluding carboxylic acids is 1. The zero-order valence-electron chi connectivity index (χ0n) is 11.0. The summed E-state index contributed by atoms with van der Waals surface area (Å²) in [5.41, 5.74) is 0.0315. The van der Waals surface area contributed by atoms with Crippen LogP contribution in [-0.2, 0) is 9.53 Å². The molecule has 0 radical (unpaired) electrons. The van der Waals surface area contributed by atoms with Gasteiger partial charge < -0.3 is 15.4 Å². The maximum atomic E-state index is 12.4. The molecule has 0 aromatic carbocycles. The highest BCUT2D eigenvalue weighted by molar-refractivity contribution is 5.82. The van der Waals surface area contributed by atoms with Gasteiger partial charge in [-0.3, -0.25) is 4.79 Å². The number of amides is 1. The molecule has 4 nitrogen and oxygen atoms in total. The van der Waals surface area contributed by atoms with Crippen LogP contribution >= 0.6 is 0 Å². The normalized spacial score (nSPS) is 26.0. The van der Waals surface area contributed by atoms with Crippen LogP contribution in [0.4, 0.5) is 0 Å². The van der Waals surface area contributed by atoms with E-state index in [1.165, 1.54) is 0 Å². The molecule has 2 aliphatic heterocycles. The van der Waals surface area contributed by atoms with E-state index in [0.717, 1.165) is 52.1 Å². The Balaban J connectivity index is 1.88. The molecule has 1 amide bonds. The molecular weight excluding hydrogens is 216 g/mol. The number of ether oxygens (including phenoxy) is 1. The molecule has 0 atom stereocenters. The number of hydrogen-bond donors (Lipinski definition) is 2. The van der Waals surface area contributed by atoms with Crippen molar-refractivity contribution in [1.29, 1.82) is 0 Å². The minimum Gasteiger partial charge on any atom is -0.380 e. The average Bonchev–Trinajstić information content (AvgIpc) is 2.34. The van der Waals surface area contributed by atoms with Crippen molar-refractivity contribution in [3.63, 3.8) is 0 Å². The Morgan fingerprint density at radius 3 is 2.47 bits per heavy atom. The summed E-state index contributed by atoms with van der Waals surface area (Å²) in [6, 6.07) is 0. The lowest BCUT2D eigenvalue weighted by molar-refractivity contribution is -0.137. The monoisotopic (exact) mass is 240 g/mol. The first kappa shape index (κ1) is 12.8. The first-order chi connectivity index (χ1) is 8.10. The Labute approximate surface area is 103 Å². The van der Waals surface area contributed by atoms with E-state index in [2.05, 4.69) is 24.5 Å². The van der Waals surface area contributed by atoms with E-state index in [-0.39, 0.29) is 16.7 Å². The predicted molar refractivity (Wildman–Crippen MR) is 66.8 cm³/mol. The minimum atomic E-state index is -0.133. The predicted octanol–water partition coefficient (Wildman–Crippen LogP) is 0.919. The first-order valence-corrected chi connectivity index (χ1v) is 6.67. The van der Waals surface area contributed by atoms with E-state index in [0.29, 0.717) is 0 Å². The Morgan fingerprint density at radius 2 is 2.00 bits per heavy atom. The first-order valence-electron chi connectivity index (χ1n) is 6.67. The van der Waals surface area contributed by atoms with Crippen LogP contribution in [0.5, 0.6) is 0 Å². The van der Waals surface area contributed by atoms with Crippen molar-refractivity contribution < 1.29 is 9.53 Å². The van der Waals surface area contributed by atoms with Gasteiger partial charge in [0, 0.05) is 12.0 Å². The summed E-state index contributed by atoms with van der Waals surface area (Å²) in [6.45, 7) is 8.50. The largest absolute Gasteiger partial charge is 0.380 e. The summed E-state index contributed by atoms with van der Waals surface area (Å²) < 4.78 is 5.21. The number of carbonyl (C=O) groups is 1. The molecule has 0 spiro atoms. The van der Waals surface area contributed by atoms with E-state index in [1.807, 2.05) is 0 Å². The lowest BCUT2D eigenvalue weighted by Crippen LogP contribution is -2.53. The Kier molecular flexibility index (Phi) is 3.73. The van der Waals surface area contributed by atoms with Gasteiger partial charge in [-0.1, -0.05) is 13.8 Å². The van der Waals surface area contributed by atoms with Crippen molar-refractivity contribution in [2.75, 3.05) is 32.8 Å². The van der Waals surface area contributed by atoms with Gasteiger partial charge in [0.25, 0.3) is 0 Å². The molecular formula is C13H24N2O2. The van der Waals surface area contributed by atoms with Crippen LogP contribution in [0.3, 0.4) is 0 Å². The van der Waals surface area contributed by atoms with Gasteiger partial charge >= 0.3 is 0 Å². The molecule has 0 bridgehead atoms. The number of nitrogens with one attached hydrogen (secondary N) is 2. The van der Waals surface area contributed by atoms with Crippen LogP contribution in [0, 0.1) is 10.8 Å². The van der Waals surface area contributed by atoms with Crippen LogP contribution in [-0.4, -0.2) is 38.8 Å². The summed E-state index contributed by atoms with van der Waals surface area (Å²) in [5.74, 6) is 0.245. The molecule has 0 aromatic rings. The van der Waals surface area contributed by atoms with Gasteiger partial charge in [0.1, 0.15) is 0 Å². The second-order valence-corrected chi connectivity index (χ2v) is 5.87. The molecule has 17 heavy (non-hydrogen) atoms. The molecule has 0 aromatic heterocycles. The standard InChI is InChI=1S/C13H24N2O2/c1-3-13(4-6-14-7-5-13)11(16)15-8-12(2)9-17-10-12/h14H,3-10H2,1-2H3,(H,15,16). The summed E-state index contributed by atoms with van der Waals surface area (Å²) in [4.78, 5) is 12.4. The average molecular weight is 240 g/mol. The topological polar surface area (TPSA) is 50.4 Å². The van der Waals surface area contributed by atoms with Gasteiger partial charge in [-0.2, -0.15) is 0 Å². The Bertz CT molecular complexity index is 281. The van der Waals surface area contributed by atoms with Crippen LogP contribution in [0.15, 0.2) is 0 Å². The SMILES string of the molecule is CCC1(C(=O)NCC2(C)COC2)CCNCC1. The summed E-state index contributed by atoms with van der Waals surface area (Å²) in [6.07, 6.45) is 2.86. The second-order valence-electron chi connectivity index (χ2n) is 5.87. The van der Waals surface area contributed by atoms with Crippen LogP contribution in [0.2, 0.25) is 0 Å². The summed E-state index contributed by atoms with van der Waals surface area (Å²) in [7, 11) is 0. The van der Waals surface area contributed by atoms with Crippen molar-refractivity contribution >= 4 is 5.91 Å². The molecule has 0 unspecified atom stereocenters. The van der Waals surface area contributed by atoms with Gasteiger partial charge in [-0.05, 0) is 32.4 Å². The van der Waals surface area contributed by atoms with Crippen molar-refractivity contribution in [2.24, 2.45) is 10.8 Å². The highest BCUT2D eigenvalue weighted by Crippen LogP contribution is 2.33. The van der Waals surface area contributed by atoms with Gasteiger partial charge in [0.2, 0.25) is 5.91 Å². The third-order valence-electron chi connectivity index (χ3n) is 4.30. The van der Waals surface area contributed by atoms with E-state index in [1.54, 1.807) is 0 Å². The number of hydrogen-bond acceptors (Lipinski definition) is 3. The summed E-state index contributed by atoms with van der Waals surface area (Å²) in [5, 5.41) is 6.46. The highest BCUT2D eigenvalue weighted by Gasteiger charge is 2.40. The van der Waals surface area contributed by atoms with Gasteiger partial charge in [-0.15, -0.1) is 0 Å². The maximum Gasteiger partial charge on any atom is 0.226 e. The lowest BCUT2D eigenvalue weighted by atomic mass is 9.75. The molecule has 0 aliphatic carbocycles. The van der Waals surface area contributed by atoms with E-state index >= 15 is 0 Å². The summed E-state index contributed by atoms with van der Waals surface area (Å²) >= 11 is 0. The lowest BCUT2D eigenvalue weighted by Gasteiger charge is -2.40. The second kappa shape index (κ2) is 4.94. The third kappa shape index (κ3) is 2.63. The minimum absolute atomic E-state index is 0.133. The molecule has 2 saturated heterocycles. The van der Waals surface area contributed by atoms with Gasteiger partial charge in [0.15, 0.2) is 0 Å². The smallest absolute Gasteiger partial charge is 0.226 e. The molecule has 2 fully saturated rings. The fourth-order valence-corrected chi connectivity index (χ4v) is 2.68. The molecule has 2 rings (SSSR count). The van der Waals surface area contributed by atoms with Crippen LogP contribution < -0.4 is 10.6 Å². The zero-order chi connectivity index (χ0) is 12.4. The van der Waals surface area contributed by atoms with E-state index in [4.69, 9.17) is 4.74 Å². The van der Waals surface area contributed by atoms with Crippen LogP contribution in [0.25, 0.3) is 0 Å². The van der Waals surface area contributed by atoms with E-state index < -0.39 is 0 Å². The molecule has 2 heterocycles. The Morgan fingerprint density at radius 1 is 1.35 bits per heavy atom. The fourth-order valence-electron chi connectivity index (χ4n) is 2.68. The molecule has 0 saturated carbocycles. The zero-order valence-corrected chi connectivity index (χ0v) is 11.0. The van der Waals surface area contributed by atoms with Gasteiger partial charge in [-0.25, -0.2) is 0 Å². The van der Waals surface area contributed by atoms with Crippen molar-refractivity contribution in [3.8, 4) is 0 Å². The van der Waals surface area contributed by atoms with Crippen molar-refractivity contribution in [3.05, 3.63) is 0 Å². The third-order valence-corrected chi connectivity index (χ3v) is 4.30. The number of piperidine rings is 1. The quantitative estimate of drug-likeness (QED) is 0.768. The highest BCUT2D eigenvalue weighted by atomic mass is 16.5. The molecule has 98 valence electrons. The molecule has 2 N–H and O–H groups in total. The maximum absolute atomic E-state index is 12.4. The fraction of sp³-hybridized carbons (Fsp3) is 0.923. The van der Waals surface area contributed by atoms with Crippen molar-refractivity contribution in [1.82, 2.24) is 10.6 Å². The van der Waals surface area contributed by atoms with E-state index in [9.17, 15) is 4.79 Å².